The topological polar surface area (TPSA) is 12.5 Å². The molecule has 0 atom stereocenters. The molecule has 0 unspecified atom stereocenters. The van der Waals surface area contributed by atoms with Gasteiger partial charge in [-0.05, 0) is 24.5 Å². The Morgan fingerprint density at radius 2 is 2.12 bits per heavy atom. The zero-order chi connectivity index (χ0) is 11.2. The summed E-state index contributed by atoms with van der Waals surface area (Å²) in [5, 5.41) is 0. The molecule has 0 saturated heterocycles. The van der Waals surface area contributed by atoms with Gasteiger partial charge in [-0.2, -0.15) is 12.6 Å². The Bertz CT molecular complexity index is 329. The molecule has 3 heteroatoms. The molecule has 0 spiro atoms. The van der Waals surface area contributed by atoms with Crippen LogP contribution in [0.3, 0.4) is 0 Å². The van der Waals surface area contributed by atoms with E-state index in [1.807, 2.05) is 0 Å². The minimum absolute atomic E-state index is 0.749. The second kappa shape index (κ2) is 6.16. The number of hydrogen-bond acceptors (Lipinski definition) is 3. The third-order valence-electron chi connectivity index (χ3n) is 2.95. The lowest BCUT2D eigenvalue weighted by Gasteiger charge is -2.31. The predicted octanol–water partition coefficient (Wildman–Crippen LogP) is 2.39. The maximum absolute atomic E-state index is 5.48. The van der Waals surface area contributed by atoms with Crippen molar-refractivity contribution in [2.45, 2.75) is 12.8 Å². The Morgan fingerprint density at radius 3 is 3.00 bits per heavy atom. The predicted molar refractivity (Wildman–Crippen MR) is 71.6 cm³/mol. The molecule has 0 radical (unpaired) electrons. The van der Waals surface area contributed by atoms with Crippen molar-refractivity contribution in [1.82, 2.24) is 0 Å². The van der Waals surface area contributed by atoms with E-state index in [4.69, 9.17) is 4.74 Å². The molecule has 0 N–H and O–H groups in total. The van der Waals surface area contributed by atoms with Crippen LogP contribution in [0.2, 0.25) is 0 Å². The minimum atomic E-state index is 0.749. The molecular weight excluding hydrogens is 218 g/mol. The monoisotopic (exact) mass is 237 g/mol. The molecule has 1 aromatic carbocycles. The minimum Gasteiger partial charge on any atom is -0.379 e. The summed E-state index contributed by atoms with van der Waals surface area (Å²) in [6.07, 6.45) is 2.47. The molecule has 0 fully saturated rings. The van der Waals surface area contributed by atoms with Crippen LogP contribution in [0.25, 0.3) is 0 Å². The van der Waals surface area contributed by atoms with E-state index < -0.39 is 0 Å². The first-order chi connectivity index (χ1) is 7.92. The van der Waals surface area contributed by atoms with Crippen molar-refractivity contribution in [3.63, 3.8) is 0 Å². The maximum Gasteiger partial charge on any atom is 0.0642 e. The number of thiol groups is 1. The lowest BCUT2D eigenvalue weighted by Crippen LogP contribution is -2.32. The van der Waals surface area contributed by atoms with Crippen LogP contribution in [0.5, 0.6) is 0 Å². The van der Waals surface area contributed by atoms with Crippen molar-refractivity contribution in [1.29, 1.82) is 0 Å². The first-order valence-electron chi connectivity index (χ1n) is 5.93. The van der Waals surface area contributed by atoms with E-state index in [0.717, 1.165) is 32.1 Å². The molecule has 1 aliphatic heterocycles. The van der Waals surface area contributed by atoms with Gasteiger partial charge in [0.1, 0.15) is 0 Å². The summed E-state index contributed by atoms with van der Waals surface area (Å²) in [5.41, 5.74) is 2.87. The Kier molecular flexibility index (Phi) is 4.55. The molecule has 1 aromatic rings. The molecule has 88 valence electrons. The summed E-state index contributed by atoms with van der Waals surface area (Å²) in [6, 6.07) is 8.69. The Hall–Kier alpha value is -0.670. The molecule has 2 nitrogen and oxygen atoms in total. The van der Waals surface area contributed by atoms with Crippen molar-refractivity contribution < 1.29 is 4.74 Å². The second-order valence-electron chi connectivity index (χ2n) is 4.06. The van der Waals surface area contributed by atoms with Crippen molar-refractivity contribution in [2.24, 2.45) is 0 Å². The summed E-state index contributed by atoms with van der Waals surface area (Å²) in [6.45, 7) is 3.69. The highest BCUT2D eigenvalue weighted by Crippen LogP contribution is 2.26. The number of para-hydroxylation sites is 1. The third kappa shape index (κ3) is 2.92. The highest BCUT2D eigenvalue weighted by Gasteiger charge is 2.15. The van der Waals surface area contributed by atoms with E-state index in [1.165, 1.54) is 24.1 Å². The van der Waals surface area contributed by atoms with Crippen molar-refractivity contribution in [3.8, 4) is 0 Å². The molecule has 0 amide bonds. The number of nitrogens with zero attached hydrogens (tertiary/aromatic N) is 1. The van der Waals surface area contributed by atoms with E-state index >= 15 is 0 Å². The molecule has 1 aliphatic rings. The van der Waals surface area contributed by atoms with Crippen LogP contribution in [-0.4, -0.2) is 32.1 Å². The molecule has 0 saturated carbocycles. The summed E-state index contributed by atoms with van der Waals surface area (Å²) in [5.74, 6) is 0.802. The molecule has 0 aromatic heterocycles. The fourth-order valence-corrected chi connectivity index (χ4v) is 2.31. The van der Waals surface area contributed by atoms with Crippen LogP contribution in [0.1, 0.15) is 12.0 Å². The van der Waals surface area contributed by atoms with E-state index in [9.17, 15) is 0 Å². The second-order valence-corrected chi connectivity index (χ2v) is 4.50. The Morgan fingerprint density at radius 1 is 1.25 bits per heavy atom. The number of aryl methyl sites for hydroxylation is 1. The fraction of sp³-hybridized carbons (Fsp3) is 0.538. The van der Waals surface area contributed by atoms with Gasteiger partial charge in [0, 0.05) is 24.5 Å². The third-order valence-corrected chi connectivity index (χ3v) is 3.13. The van der Waals surface area contributed by atoms with Gasteiger partial charge >= 0.3 is 0 Å². The van der Waals surface area contributed by atoms with Gasteiger partial charge in [0.25, 0.3) is 0 Å². The van der Waals surface area contributed by atoms with Gasteiger partial charge in [-0.15, -0.1) is 0 Å². The number of fused-ring (bicyclic) bond motifs is 1. The summed E-state index contributed by atoms with van der Waals surface area (Å²) < 4.78 is 5.48. The van der Waals surface area contributed by atoms with Gasteiger partial charge in [-0.1, -0.05) is 18.2 Å². The number of anilines is 1. The standard InChI is InChI=1S/C13H19NOS/c16-11-10-15-9-8-14-7-3-5-12-4-1-2-6-13(12)14/h1-2,4,6,16H,3,5,7-11H2. The van der Waals surface area contributed by atoms with E-state index in [-0.39, 0.29) is 0 Å². The molecule has 1 heterocycles. The highest BCUT2D eigenvalue weighted by atomic mass is 32.1. The van der Waals surface area contributed by atoms with Crippen LogP contribution >= 0.6 is 12.6 Å². The van der Waals surface area contributed by atoms with Gasteiger partial charge in [-0.25, -0.2) is 0 Å². The first kappa shape index (κ1) is 11.8. The van der Waals surface area contributed by atoms with Crippen LogP contribution in [0.4, 0.5) is 5.69 Å². The SMILES string of the molecule is SCCOCCN1CCCc2ccccc21. The van der Waals surface area contributed by atoms with Crippen LogP contribution in [-0.2, 0) is 11.2 Å². The fourth-order valence-electron chi connectivity index (χ4n) is 2.19. The van der Waals surface area contributed by atoms with Crippen molar-refractivity contribution >= 4 is 18.3 Å². The average Bonchev–Trinajstić information content (AvgIpc) is 2.35. The molecule has 0 bridgehead atoms. The van der Waals surface area contributed by atoms with Gasteiger partial charge < -0.3 is 9.64 Å². The van der Waals surface area contributed by atoms with Gasteiger partial charge in [0.15, 0.2) is 0 Å². The van der Waals surface area contributed by atoms with Crippen LogP contribution in [0.15, 0.2) is 24.3 Å². The van der Waals surface area contributed by atoms with Gasteiger partial charge in [0.2, 0.25) is 0 Å². The zero-order valence-electron chi connectivity index (χ0n) is 9.56. The smallest absolute Gasteiger partial charge is 0.0642 e. The highest BCUT2D eigenvalue weighted by molar-refractivity contribution is 7.80. The van der Waals surface area contributed by atoms with E-state index in [2.05, 4.69) is 41.8 Å². The molecule has 16 heavy (non-hydrogen) atoms. The normalized spacial score (nSPS) is 14.9. The van der Waals surface area contributed by atoms with Gasteiger partial charge in [0.05, 0.1) is 13.2 Å². The van der Waals surface area contributed by atoms with Crippen LogP contribution < -0.4 is 4.90 Å². The number of hydrogen-bond donors (Lipinski definition) is 1. The number of rotatable bonds is 5. The maximum atomic E-state index is 5.48. The lowest BCUT2D eigenvalue weighted by atomic mass is 10.0. The Balaban J connectivity index is 1.91. The van der Waals surface area contributed by atoms with Crippen molar-refractivity contribution in [2.75, 3.05) is 37.0 Å². The van der Waals surface area contributed by atoms with E-state index in [0.29, 0.717) is 0 Å². The molecule has 0 aliphatic carbocycles. The van der Waals surface area contributed by atoms with Gasteiger partial charge in [-0.3, -0.25) is 0 Å². The van der Waals surface area contributed by atoms with Crippen LogP contribution in [0, 0.1) is 0 Å². The lowest BCUT2D eigenvalue weighted by molar-refractivity contribution is 0.156. The number of benzene rings is 1. The zero-order valence-corrected chi connectivity index (χ0v) is 10.5. The molecular formula is C13H19NOS. The Labute approximate surface area is 103 Å². The summed E-state index contributed by atoms with van der Waals surface area (Å²) in [4.78, 5) is 2.43. The summed E-state index contributed by atoms with van der Waals surface area (Å²) in [7, 11) is 0. The first-order valence-corrected chi connectivity index (χ1v) is 6.56. The van der Waals surface area contributed by atoms with E-state index in [1.54, 1.807) is 0 Å². The number of ether oxygens (including phenoxy) is 1. The summed E-state index contributed by atoms with van der Waals surface area (Å²) >= 11 is 4.13. The average molecular weight is 237 g/mol. The molecule has 2 rings (SSSR count). The van der Waals surface area contributed by atoms with Crippen molar-refractivity contribution in [3.05, 3.63) is 29.8 Å². The largest absolute Gasteiger partial charge is 0.379 e. The quantitative estimate of drug-likeness (QED) is 0.623.